The number of carbonyl (C=O) groups excluding carboxylic acids is 2. The number of urea groups is 1. The maximum atomic E-state index is 13.3. The summed E-state index contributed by atoms with van der Waals surface area (Å²) >= 11 is 0. The summed E-state index contributed by atoms with van der Waals surface area (Å²) < 4.78 is 13.3. The molecule has 0 aliphatic carbocycles. The fourth-order valence-corrected chi connectivity index (χ4v) is 3.87. The minimum absolute atomic E-state index is 0.0225. The number of hydrogen-bond acceptors (Lipinski definition) is 2. The Balaban J connectivity index is 1.69. The predicted molar refractivity (Wildman–Crippen MR) is 85.5 cm³/mol. The summed E-state index contributed by atoms with van der Waals surface area (Å²) in [7, 11) is 0. The van der Waals surface area contributed by atoms with E-state index in [1.807, 2.05) is 4.90 Å². The molecule has 6 heteroatoms. The number of carbonyl (C=O) groups is 2. The number of rotatable bonds is 2. The summed E-state index contributed by atoms with van der Waals surface area (Å²) in [4.78, 5) is 25.8. The van der Waals surface area contributed by atoms with Crippen molar-refractivity contribution in [3.63, 3.8) is 0 Å². The highest BCUT2D eigenvalue weighted by Gasteiger charge is 2.41. The molecule has 2 N–H and O–H groups in total. The summed E-state index contributed by atoms with van der Waals surface area (Å²) in [5.74, 6) is -0.391. The van der Waals surface area contributed by atoms with Crippen LogP contribution < -0.4 is 10.6 Å². The van der Waals surface area contributed by atoms with Gasteiger partial charge in [0.25, 0.3) is 0 Å². The molecule has 5 nitrogen and oxygen atoms in total. The van der Waals surface area contributed by atoms with E-state index in [-0.39, 0.29) is 35.9 Å². The number of nitrogens with one attached hydrogen (secondary N) is 2. The maximum Gasteiger partial charge on any atom is 0.322 e. The van der Waals surface area contributed by atoms with Gasteiger partial charge in [-0.1, -0.05) is 6.07 Å². The van der Waals surface area contributed by atoms with Crippen molar-refractivity contribution >= 4 is 17.6 Å². The molecule has 2 fully saturated rings. The van der Waals surface area contributed by atoms with Gasteiger partial charge >= 0.3 is 6.03 Å². The minimum atomic E-state index is -0.368. The van der Waals surface area contributed by atoms with E-state index in [9.17, 15) is 14.0 Å². The van der Waals surface area contributed by atoms with E-state index in [1.165, 1.54) is 19.1 Å². The molecule has 23 heavy (non-hydrogen) atoms. The van der Waals surface area contributed by atoms with Crippen molar-refractivity contribution in [2.75, 3.05) is 5.32 Å². The van der Waals surface area contributed by atoms with Crippen molar-refractivity contribution in [1.29, 1.82) is 0 Å². The Labute approximate surface area is 135 Å². The number of amides is 3. The molecular formula is C17H22FN3O2. The third-order valence-corrected chi connectivity index (χ3v) is 4.69. The SMILES string of the molecule is CC(=O)NC1C[C@H]2CCC[C@@H](C1)N2C(=O)Nc1cccc(F)c1. The molecule has 3 amide bonds. The number of anilines is 1. The van der Waals surface area contributed by atoms with Crippen LogP contribution in [0.25, 0.3) is 0 Å². The van der Waals surface area contributed by atoms with Crippen LogP contribution in [0.2, 0.25) is 0 Å². The van der Waals surface area contributed by atoms with Crippen LogP contribution in [0.1, 0.15) is 39.0 Å². The third-order valence-electron chi connectivity index (χ3n) is 4.69. The van der Waals surface area contributed by atoms with Crippen LogP contribution in [-0.4, -0.2) is 35.0 Å². The molecule has 2 saturated heterocycles. The maximum absolute atomic E-state index is 13.3. The Morgan fingerprint density at radius 2 is 1.91 bits per heavy atom. The Morgan fingerprint density at radius 3 is 2.52 bits per heavy atom. The van der Waals surface area contributed by atoms with E-state index in [2.05, 4.69) is 10.6 Å². The van der Waals surface area contributed by atoms with Gasteiger partial charge in [0.1, 0.15) is 5.82 Å². The molecule has 3 rings (SSSR count). The van der Waals surface area contributed by atoms with Gasteiger partial charge in [0.15, 0.2) is 0 Å². The highest BCUT2D eigenvalue weighted by atomic mass is 19.1. The van der Waals surface area contributed by atoms with Crippen molar-refractivity contribution in [2.24, 2.45) is 0 Å². The highest BCUT2D eigenvalue weighted by Crippen LogP contribution is 2.34. The first-order chi connectivity index (χ1) is 11.0. The lowest BCUT2D eigenvalue weighted by atomic mass is 9.82. The Morgan fingerprint density at radius 1 is 1.22 bits per heavy atom. The molecule has 2 aliphatic heterocycles. The molecule has 0 spiro atoms. The normalized spacial score (nSPS) is 26.5. The number of piperidine rings is 2. The number of hydrogen-bond donors (Lipinski definition) is 2. The molecule has 0 aromatic heterocycles. The van der Waals surface area contributed by atoms with E-state index in [0.29, 0.717) is 5.69 Å². The van der Waals surface area contributed by atoms with Gasteiger partial charge in [0.05, 0.1) is 0 Å². The van der Waals surface area contributed by atoms with Gasteiger partial charge < -0.3 is 15.5 Å². The Kier molecular flexibility index (Phi) is 4.50. The summed E-state index contributed by atoms with van der Waals surface area (Å²) in [6.45, 7) is 1.53. The van der Waals surface area contributed by atoms with E-state index in [1.54, 1.807) is 12.1 Å². The largest absolute Gasteiger partial charge is 0.353 e. The zero-order chi connectivity index (χ0) is 16.4. The van der Waals surface area contributed by atoms with Crippen LogP contribution in [0.4, 0.5) is 14.9 Å². The van der Waals surface area contributed by atoms with Gasteiger partial charge in [0.2, 0.25) is 5.91 Å². The van der Waals surface area contributed by atoms with E-state index in [0.717, 1.165) is 32.1 Å². The first kappa shape index (κ1) is 15.8. The second-order valence-corrected chi connectivity index (χ2v) is 6.46. The van der Waals surface area contributed by atoms with Crippen LogP contribution in [0, 0.1) is 5.82 Å². The lowest BCUT2D eigenvalue weighted by Gasteiger charge is -2.48. The zero-order valence-electron chi connectivity index (χ0n) is 13.2. The predicted octanol–water partition coefficient (Wildman–Crippen LogP) is 2.88. The monoisotopic (exact) mass is 319 g/mol. The van der Waals surface area contributed by atoms with Crippen molar-refractivity contribution in [3.8, 4) is 0 Å². The fourth-order valence-electron chi connectivity index (χ4n) is 3.87. The van der Waals surface area contributed by atoms with Crippen molar-refractivity contribution < 1.29 is 14.0 Å². The minimum Gasteiger partial charge on any atom is -0.353 e. The molecule has 1 unspecified atom stereocenters. The topological polar surface area (TPSA) is 61.4 Å². The van der Waals surface area contributed by atoms with Gasteiger partial charge in [-0.2, -0.15) is 0 Å². The van der Waals surface area contributed by atoms with Gasteiger partial charge in [-0.15, -0.1) is 0 Å². The van der Waals surface area contributed by atoms with Gasteiger partial charge in [-0.3, -0.25) is 4.79 Å². The zero-order valence-corrected chi connectivity index (χ0v) is 13.2. The number of fused-ring (bicyclic) bond motifs is 2. The molecule has 2 heterocycles. The average Bonchev–Trinajstić information content (AvgIpc) is 2.45. The highest BCUT2D eigenvalue weighted by molar-refractivity contribution is 5.90. The first-order valence-corrected chi connectivity index (χ1v) is 8.15. The number of halogens is 1. The van der Waals surface area contributed by atoms with Crippen LogP contribution in [-0.2, 0) is 4.79 Å². The Bertz CT molecular complexity index is 593. The lowest BCUT2D eigenvalue weighted by Crippen LogP contribution is -2.59. The Hall–Kier alpha value is -2.11. The summed E-state index contributed by atoms with van der Waals surface area (Å²) in [6.07, 6.45) is 4.57. The molecule has 2 bridgehead atoms. The molecule has 124 valence electrons. The van der Waals surface area contributed by atoms with Crippen molar-refractivity contribution in [3.05, 3.63) is 30.1 Å². The molecule has 0 radical (unpaired) electrons. The molecule has 0 saturated carbocycles. The smallest absolute Gasteiger partial charge is 0.322 e. The fraction of sp³-hybridized carbons (Fsp3) is 0.529. The average molecular weight is 319 g/mol. The van der Waals surface area contributed by atoms with Crippen LogP contribution in [0.3, 0.4) is 0 Å². The second-order valence-electron chi connectivity index (χ2n) is 6.46. The summed E-state index contributed by atoms with van der Waals surface area (Å²) in [5.41, 5.74) is 0.469. The van der Waals surface area contributed by atoms with E-state index < -0.39 is 0 Å². The van der Waals surface area contributed by atoms with Crippen LogP contribution in [0.15, 0.2) is 24.3 Å². The lowest BCUT2D eigenvalue weighted by molar-refractivity contribution is -0.120. The van der Waals surface area contributed by atoms with Crippen molar-refractivity contribution in [1.82, 2.24) is 10.2 Å². The van der Waals surface area contributed by atoms with Crippen LogP contribution in [0.5, 0.6) is 0 Å². The molecule has 2 aliphatic rings. The summed E-state index contributed by atoms with van der Waals surface area (Å²) in [6, 6.07) is 6.16. The van der Waals surface area contributed by atoms with E-state index >= 15 is 0 Å². The molecule has 3 atom stereocenters. The standard InChI is InChI=1S/C17H22FN3O2/c1-11(22)19-14-9-15-6-3-7-16(10-14)21(15)17(23)20-13-5-2-4-12(18)8-13/h2,4-5,8,14-16H,3,6-7,9-10H2,1H3,(H,19,22)(H,20,23)/t14?,15-,16+. The number of benzene rings is 1. The van der Waals surface area contributed by atoms with E-state index in [4.69, 9.17) is 0 Å². The summed E-state index contributed by atoms with van der Waals surface area (Å²) in [5, 5.41) is 5.78. The van der Waals surface area contributed by atoms with Crippen LogP contribution >= 0.6 is 0 Å². The third kappa shape index (κ3) is 3.63. The quantitative estimate of drug-likeness (QED) is 0.880. The first-order valence-electron chi connectivity index (χ1n) is 8.15. The van der Waals surface area contributed by atoms with Crippen molar-refractivity contribution in [2.45, 2.75) is 57.2 Å². The van der Waals surface area contributed by atoms with Gasteiger partial charge in [0, 0.05) is 30.7 Å². The molecule has 1 aromatic carbocycles. The number of nitrogens with zero attached hydrogens (tertiary/aromatic N) is 1. The second kappa shape index (κ2) is 6.56. The molecule has 1 aromatic rings. The molecular weight excluding hydrogens is 297 g/mol. The van der Waals surface area contributed by atoms with Gasteiger partial charge in [-0.25, -0.2) is 9.18 Å². The van der Waals surface area contributed by atoms with Gasteiger partial charge in [-0.05, 0) is 50.3 Å².